The first-order chi connectivity index (χ1) is 10.5. The van der Waals surface area contributed by atoms with Gasteiger partial charge in [0.25, 0.3) is 5.91 Å². The van der Waals surface area contributed by atoms with Crippen molar-refractivity contribution in [2.75, 3.05) is 26.1 Å². The van der Waals surface area contributed by atoms with Crippen molar-refractivity contribution in [1.82, 2.24) is 5.32 Å². The number of methoxy groups -OCH3 is 1. The van der Waals surface area contributed by atoms with Crippen LogP contribution in [0.5, 0.6) is 5.75 Å². The van der Waals surface area contributed by atoms with E-state index in [1.807, 2.05) is 31.1 Å². The molecular formula is C17H19FN2O2. The Morgan fingerprint density at radius 1 is 1.18 bits per heavy atom. The summed E-state index contributed by atoms with van der Waals surface area (Å²) in [6, 6.07) is 11.9. The fourth-order valence-electron chi connectivity index (χ4n) is 2.02. The van der Waals surface area contributed by atoms with E-state index in [1.54, 1.807) is 24.3 Å². The molecule has 0 saturated carbocycles. The summed E-state index contributed by atoms with van der Waals surface area (Å²) in [4.78, 5) is 14.0. The number of amides is 1. The molecule has 1 N–H and O–H groups in total. The molecule has 0 aliphatic carbocycles. The topological polar surface area (TPSA) is 41.6 Å². The lowest BCUT2D eigenvalue weighted by Crippen LogP contribution is -2.23. The van der Waals surface area contributed by atoms with Gasteiger partial charge >= 0.3 is 0 Å². The van der Waals surface area contributed by atoms with Crippen LogP contribution >= 0.6 is 0 Å². The predicted molar refractivity (Wildman–Crippen MR) is 84.9 cm³/mol. The molecule has 2 aromatic rings. The zero-order valence-corrected chi connectivity index (χ0v) is 12.9. The third-order valence-corrected chi connectivity index (χ3v) is 3.32. The summed E-state index contributed by atoms with van der Waals surface area (Å²) in [7, 11) is 5.29. The molecule has 116 valence electrons. The van der Waals surface area contributed by atoms with Gasteiger partial charge in [-0.2, -0.15) is 0 Å². The highest BCUT2D eigenvalue weighted by molar-refractivity contribution is 5.94. The third kappa shape index (κ3) is 3.75. The highest BCUT2D eigenvalue weighted by Crippen LogP contribution is 2.17. The number of nitrogens with zero attached hydrogens (tertiary/aromatic N) is 1. The molecule has 1 amide bonds. The number of nitrogens with one attached hydrogen (secondary N) is 1. The molecule has 2 aromatic carbocycles. The fraction of sp³-hybridized carbons (Fsp3) is 0.235. The lowest BCUT2D eigenvalue weighted by molar-refractivity contribution is 0.0951. The second kappa shape index (κ2) is 6.93. The van der Waals surface area contributed by atoms with E-state index in [0.717, 1.165) is 5.69 Å². The molecule has 0 aliphatic heterocycles. The van der Waals surface area contributed by atoms with Gasteiger partial charge in [0, 0.05) is 31.9 Å². The normalized spacial score (nSPS) is 10.2. The Morgan fingerprint density at radius 3 is 2.41 bits per heavy atom. The van der Waals surface area contributed by atoms with E-state index in [9.17, 15) is 9.18 Å². The van der Waals surface area contributed by atoms with Crippen molar-refractivity contribution in [1.29, 1.82) is 0 Å². The van der Waals surface area contributed by atoms with Crippen molar-refractivity contribution in [2.45, 2.75) is 6.54 Å². The molecule has 0 heterocycles. The van der Waals surface area contributed by atoms with Gasteiger partial charge in [0.05, 0.1) is 7.11 Å². The Balaban J connectivity index is 1.99. The van der Waals surface area contributed by atoms with E-state index in [1.165, 1.54) is 13.2 Å². The zero-order chi connectivity index (χ0) is 16.1. The summed E-state index contributed by atoms with van der Waals surface area (Å²) >= 11 is 0. The Labute approximate surface area is 129 Å². The highest BCUT2D eigenvalue weighted by Gasteiger charge is 2.07. The number of hydrogen-bond acceptors (Lipinski definition) is 3. The van der Waals surface area contributed by atoms with Crippen LogP contribution in [0.4, 0.5) is 10.1 Å². The SMILES string of the molecule is COc1ccc(CNC(=O)c2ccc(N(C)C)cc2)cc1F. The predicted octanol–water partition coefficient (Wildman–Crippen LogP) is 2.83. The van der Waals surface area contributed by atoms with Crippen molar-refractivity contribution >= 4 is 11.6 Å². The number of rotatable bonds is 5. The molecule has 0 saturated heterocycles. The summed E-state index contributed by atoms with van der Waals surface area (Å²) in [5, 5.41) is 2.77. The van der Waals surface area contributed by atoms with Gasteiger partial charge in [-0.25, -0.2) is 4.39 Å². The molecule has 0 spiro atoms. The molecule has 22 heavy (non-hydrogen) atoms. The maximum Gasteiger partial charge on any atom is 0.251 e. The second-order valence-corrected chi connectivity index (χ2v) is 5.09. The fourth-order valence-corrected chi connectivity index (χ4v) is 2.02. The van der Waals surface area contributed by atoms with E-state index in [2.05, 4.69) is 5.32 Å². The molecule has 0 atom stereocenters. The van der Waals surface area contributed by atoms with Crippen molar-refractivity contribution in [3.05, 3.63) is 59.4 Å². The average Bonchev–Trinajstić information content (AvgIpc) is 2.52. The van der Waals surface area contributed by atoms with Crippen LogP contribution in [0.3, 0.4) is 0 Å². The number of halogens is 1. The number of benzene rings is 2. The highest BCUT2D eigenvalue weighted by atomic mass is 19.1. The van der Waals surface area contributed by atoms with Crippen LogP contribution < -0.4 is 15.0 Å². The van der Waals surface area contributed by atoms with Crippen LogP contribution in [0.15, 0.2) is 42.5 Å². The molecule has 0 unspecified atom stereocenters. The minimum absolute atomic E-state index is 0.189. The molecule has 0 aliphatic rings. The van der Waals surface area contributed by atoms with Crippen LogP contribution in [-0.4, -0.2) is 27.1 Å². The van der Waals surface area contributed by atoms with Gasteiger partial charge in [-0.05, 0) is 42.0 Å². The van der Waals surface area contributed by atoms with E-state index in [4.69, 9.17) is 4.74 Å². The molecule has 0 bridgehead atoms. The van der Waals surface area contributed by atoms with Gasteiger partial charge in [-0.3, -0.25) is 4.79 Å². The Bertz CT molecular complexity index is 654. The van der Waals surface area contributed by atoms with Gasteiger partial charge in [0.15, 0.2) is 11.6 Å². The number of anilines is 1. The number of hydrogen-bond donors (Lipinski definition) is 1. The lowest BCUT2D eigenvalue weighted by atomic mass is 10.1. The van der Waals surface area contributed by atoms with Gasteiger partial charge in [0.1, 0.15) is 0 Å². The monoisotopic (exact) mass is 302 g/mol. The summed E-state index contributed by atoms with van der Waals surface area (Å²) in [6.07, 6.45) is 0. The second-order valence-electron chi connectivity index (χ2n) is 5.09. The van der Waals surface area contributed by atoms with Crippen molar-refractivity contribution < 1.29 is 13.9 Å². The molecule has 4 nitrogen and oxygen atoms in total. The first-order valence-electron chi connectivity index (χ1n) is 6.89. The third-order valence-electron chi connectivity index (χ3n) is 3.32. The lowest BCUT2D eigenvalue weighted by Gasteiger charge is -2.12. The standard InChI is InChI=1S/C17H19FN2O2/c1-20(2)14-7-5-13(6-8-14)17(21)19-11-12-4-9-16(22-3)15(18)10-12/h4-10H,11H2,1-3H3,(H,19,21). The molecule has 2 rings (SSSR count). The van der Waals surface area contributed by atoms with E-state index in [0.29, 0.717) is 11.1 Å². The average molecular weight is 302 g/mol. The van der Waals surface area contributed by atoms with Crippen molar-refractivity contribution in [2.24, 2.45) is 0 Å². The zero-order valence-electron chi connectivity index (χ0n) is 12.9. The van der Waals surface area contributed by atoms with Crippen LogP contribution in [-0.2, 0) is 6.54 Å². The maximum atomic E-state index is 13.6. The summed E-state index contributed by atoms with van der Waals surface area (Å²) in [5.41, 5.74) is 2.27. The van der Waals surface area contributed by atoms with Crippen LogP contribution in [0.2, 0.25) is 0 Å². The van der Waals surface area contributed by atoms with Crippen LogP contribution in [0.1, 0.15) is 15.9 Å². The Morgan fingerprint density at radius 2 is 1.86 bits per heavy atom. The Kier molecular flexibility index (Phi) is 4.99. The van der Waals surface area contributed by atoms with Crippen LogP contribution in [0.25, 0.3) is 0 Å². The smallest absolute Gasteiger partial charge is 0.251 e. The number of carbonyl (C=O) groups is 1. The minimum atomic E-state index is -0.440. The van der Waals surface area contributed by atoms with Gasteiger partial charge in [0.2, 0.25) is 0 Å². The van der Waals surface area contributed by atoms with E-state index in [-0.39, 0.29) is 18.2 Å². The minimum Gasteiger partial charge on any atom is -0.494 e. The molecular weight excluding hydrogens is 283 g/mol. The maximum absolute atomic E-state index is 13.6. The first kappa shape index (κ1) is 15.8. The molecule has 0 radical (unpaired) electrons. The summed E-state index contributed by atoms with van der Waals surface area (Å²) < 4.78 is 18.4. The van der Waals surface area contributed by atoms with Crippen LogP contribution in [0, 0.1) is 5.82 Å². The van der Waals surface area contributed by atoms with Crippen molar-refractivity contribution in [3.63, 3.8) is 0 Å². The first-order valence-corrected chi connectivity index (χ1v) is 6.89. The number of carbonyl (C=O) groups excluding carboxylic acids is 1. The largest absolute Gasteiger partial charge is 0.494 e. The van der Waals surface area contributed by atoms with Crippen molar-refractivity contribution in [3.8, 4) is 5.75 Å². The van der Waals surface area contributed by atoms with Gasteiger partial charge < -0.3 is 15.0 Å². The molecule has 5 heteroatoms. The summed E-state index contributed by atoms with van der Waals surface area (Å²) in [6.45, 7) is 0.259. The quantitative estimate of drug-likeness (QED) is 0.923. The summed E-state index contributed by atoms with van der Waals surface area (Å²) in [5.74, 6) is -0.444. The Hall–Kier alpha value is -2.56. The van der Waals surface area contributed by atoms with E-state index < -0.39 is 5.82 Å². The number of ether oxygens (including phenoxy) is 1. The van der Waals surface area contributed by atoms with Gasteiger partial charge in [-0.1, -0.05) is 6.07 Å². The van der Waals surface area contributed by atoms with Gasteiger partial charge in [-0.15, -0.1) is 0 Å². The molecule has 0 aromatic heterocycles. The molecule has 0 fully saturated rings. The van der Waals surface area contributed by atoms with E-state index >= 15 is 0 Å².